The van der Waals surface area contributed by atoms with Crippen LogP contribution in [-0.4, -0.2) is 33.3 Å². The summed E-state index contributed by atoms with van der Waals surface area (Å²) in [6, 6.07) is 1.63. The van der Waals surface area contributed by atoms with E-state index in [-0.39, 0.29) is 6.42 Å². The van der Waals surface area contributed by atoms with E-state index < -0.39 is 27.8 Å². The van der Waals surface area contributed by atoms with Crippen LogP contribution < -0.4 is 4.72 Å². The largest absolute Gasteiger partial charge is 0.468 e. The Morgan fingerprint density at radius 1 is 1.64 bits per heavy atom. The molecule has 0 saturated heterocycles. The maximum atomic E-state index is 11.3. The zero-order valence-corrected chi connectivity index (χ0v) is 8.80. The third-order valence-electron chi connectivity index (χ3n) is 1.53. The predicted octanol–water partition coefficient (Wildman–Crippen LogP) is -0.619. The van der Waals surface area contributed by atoms with Crippen molar-refractivity contribution in [2.75, 3.05) is 13.7 Å². The first-order valence-electron chi connectivity index (χ1n) is 3.92. The molecule has 0 aromatic carbocycles. The standard InChI is InChI=1S/C7H12N2O4S/c1-3-6(4-8)14(11,12)9-5-7(10)13-2/h6,9H,3,5H2,1-2H3. The van der Waals surface area contributed by atoms with E-state index in [1.54, 1.807) is 13.0 Å². The van der Waals surface area contributed by atoms with Gasteiger partial charge in [0, 0.05) is 0 Å². The molecule has 0 aromatic rings. The summed E-state index contributed by atoms with van der Waals surface area (Å²) in [4.78, 5) is 10.6. The first-order chi connectivity index (χ1) is 6.47. The van der Waals surface area contributed by atoms with Crippen LogP contribution in [0.25, 0.3) is 0 Å². The summed E-state index contributed by atoms with van der Waals surface area (Å²) in [6.45, 7) is 1.13. The second-order valence-electron chi connectivity index (χ2n) is 2.47. The number of carbonyl (C=O) groups excluding carboxylic acids is 1. The van der Waals surface area contributed by atoms with Gasteiger partial charge in [0.1, 0.15) is 6.54 Å². The minimum absolute atomic E-state index is 0.174. The van der Waals surface area contributed by atoms with Crippen molar-refractivity contribution in [2.45, 2.75) is 18.6 Å². The van der Waals surface area contributed by atoms with Gasteiger partial charge in [0.2, 0.25) is 10.0 Å². The van der Waals surface area contributed by atoms with Crippen LogP contribution in [0.2, 0.25) is 0 Å². The first-order valence-corrected chi connectivity index (χ1v) is 5.47. The second-order valence-corrected chi connectivity index (χ2v) is 4.42. The highest BCUT2D eigenvalue weighted by Crippen LogP contribution is 2.01. The van der Waals surface area contributed by atoms with Crippen molar-refractivity contribution >= 4 is 16.0 Å². The molecule has 0 bridgehead atoms. The topological polar surface area (TPSA) is 96.3 Å². The number of esters is 1. The van der Waals surface area contributed by atoms with Gasteiger partial charge in [-0.15, -0.1) is 0 Å². The van der Waals surface area contributed by atoms with Crippen LogP contribution in [0.1, 0.15) is 13.3 Å². The molecule has 0 aliphatic rings. The SMILES string of the molecule is CCC(C#N)S(=O)(=O)NCC(=O)OC. The van der Waals surface area contributed by atoms with E-state index in [9.17, 15) is 13.2 Å². The molecule has 80 valence electrons. The normalized spacial score (nSPS) is 12.9. The molecule has 0 rings (SSSR count). The lowest BCUT2D eigenvalue weighted by molar-refractivity contribution is -0.139. The van der Waals surface area contributed by atoms with Crippen LogP contribution in [0.5, 0.6) is 0 Å². The van der Waals surface area contributed by atoms with Gasteiger partial charge in [0.05, 0.1) is 13.2 Å². The number of nitrogens with one attached hydrogen (secondary N) is 1. The number of ether oxygens (including phenoxy) is 1. The average Bonchev–Trinajstić information content (AvgIpc) is 2.15. The molecule has 0 aliphatic carbocycles. The number of hydrogen-bond donors (Lipinski definition) is 1. The monoisotopic (exact) mass is 220 g/mol. The van der Waals surface area contributed by atoms with Gasteiger partial charge in [0.25, 0.3) is 0 Å². The van der Waals surface area contributed by atoms with Crippen molar-refractivity contribution in [3.05, 3.63) is 0 Å². The predicted molar refractivity (Wildman–Crippen MR) is 48.6 cm³/mol. The molecule has 7 heteroatoms. The third-order valence-corrected chi connectivity index (χ3v) is 3.27. The van der Waals surface area contributed by atoms with Crippen LogP contribution >= 0.6 is 0 Å². The van der Waals surface area contributed by atoms with Crippen molar-refractivity contribution in [2.24, 2.45) is 0 Å². The molecular formula is C7H12N2O4S. The van der Waals surface area contributed by atoms with Gasteiger partial charge in [-0.3, -0.25) is 4.79 Å². The molecule has 0 aliphatic heterocycles. The molecular weight excluding hydrogens is 208 g/mol. The zero-order chi connectivity index (χ0) is 11.2. The van der Waals surface area contributed by atoms with Crippen molar-refractivity contribution in [1.82, 2.24) is 4.72 Å². The van der Waals surface area contributed by atoms with Gasteiger partial charge in [-0.2, -0.15) is 5.26 Å². The lowest BCUT2D eigenvalue weighted by Gasteiger charge is -2.08. The fraction of sp³-hybridized carbons (Fsp3) is 0.714. The molecule has 0 fully saturated rings. The van der Waals surface area contributed by atoms with Crippen molar-refractivity contribution in [3.63, 3.8) is 0 Å². The van der Waals surface area contributed by atoms with E-state index in [1.165, 1.54) is 0 Å². The number of hydrogen-bond acceptors (Lipinski definition) is 5. The molecule has 6 nitrogen and oxygen atoms in total. The van der Waals surface area contributed by atoms with Crippen LogP contribution in [-0.2, 0) is 19.6 Å². The van der Waals surface area contributed by atoms with Gasteiger partial charge < -0.3 is 4.74 Å². The molecule has 1 N–H and O–H groups in total. The molecule has 0 amide bonds. The van der Waals surface area contributed by atoms with E-state index in [2.05, 4.69) is 4.74 Å². The lowest BCUT2D eigenvalue weighted by atomic mass is 10.4. The van der Waals surface area contributed by atoms with Crippen LogP contribution in [0.15, 0.2) is 0 Å². The molecule has 0 aromatic heterocycles. The Balaban J connectivity index is 4.36. The Morgan fingerprint density at radius 2 is 2.21 bits per heavy atom. The summed E-state index contributed by atoms with van der Waals surface area (Å²) in [5.74, 6) is -0.693. The molecule has 14 heavy (non-hydrogen) atoms. The Kier molecular flexibility index (Phi) is 5.12. The van der Waals surface area contributed by atoms with Crippen LogP contribution in [0.4, 0.5) is 0 Å². The zero-order valence-electron chi connectivity index (χ0n) is 7.98. The Bertz CT molecular complexity index is 330. The average molecular weight is 220 g/mol. The minimum Gasteiger partial charge on any atom is -0.468 e. The van der Waals surface area contributed by atoms with E-state index in [0.29, 0.717) is 0 Å². The summed E-state index contributed by atoms with van der Waals surface area (Å²) in [6.07, 6.45) is 0.174. The summed E-state index contributed by atoms with van der Waals surface area (Å²) >= 11 is 0. The third kappa shape index (κ3) is 3.72. The van der Waals surface area contributed by atoms with Crippen molar-refractivity contribution in [1.29, 1.82) is 5.26 Å². The van der Waals surface area contributed by atoms with Gasteiger partial charge in [-0.25, -0.2) is 13.1 Å². The van der Waals surface area contributed by atoms with E-state index in [1.807, 2.05) is 4.72 Å². The number of rotatable bonds is 5. The summed E-state index contributed by atoms with van der Waals surface area (Å²) in [5.41, 5.74) is 0. The molecule has 1 atom stereocenters. The molecule has 0 radical (unpaired) electrons. The summed E-state index contributed by atoms with van der Waals surface area (Å²) < 4.78 is 28.8. The maximum Gasteiger partial charge on any atom is 0.320 e. The Labute approximate surface area is 82.9 Å². The number of nitriles is 1. The smallest absolute Gasteiger partial charge is 0.320 e. The number of sulfonamides is 1. The fourth-order valence-electron chi connectivity index (χ4n) is 0.712. The second kappa shape index (κ2) is 5.57. The van der Waals surface area contributed by atoms with Crippen molar-refractivity contribution in [3.8, 4) is 6.07 Å². The maximum absolute atomic E-state index is 11.3. The highest BCUT2D eigenvalue weighted by Gasteiger charge is 2.23. The molecule has 0 heterocycles. The number of nitrogens with zero attached hydrogens (tertiary/aromatic N) is 1. The number of carbonyl (C=O) groups is 1. The fourth-order valence-corrected chi connectivity index (χ4v) is 1.81. The lowest BCUT2D eigenvalue weighted by Crippen LogP contribution is -2.36. The van der Waals surface area contributed by atoms with Gasteiger partial charge in [-0.05, 0) is 6.42 Å². The van der Waals surface area contributed by atoms with Crippen molar-refractivity contribution < 1.29 is 17.9 Å². The Hall–Kier alpha value is -1.13. The quantitative estimate of drug-likeness (QED) is 0.623. The van der Waals surface area contributed by atoms with E-state index in [0.717, 1.165) is 7.11 Å². The highest BCUT2D eigenvalue weighted by molar-refractivity contribution is 7.90. The number of methoxy groups -OCH3 is 1. The minimum atomic E-state index is -3.74. The molecule has 0 saturated carbocycles. The van der Waals surface area contributed by atoms with Gasteiger partial charge in [-0.1, -0.05) is 6.92 Å². The summed E-state index contributed by atoms with van der Waals surface area (Å²) in [5, 5.41) is 7.37. The Morgan fingerprint density at radius 3 is 2.57 bits per heavy atom. The molecule has 0 spiro atoms. The van der Waals surface area contributed by atoms with Crippen LogP contribution in [0.3, 0.4) is 0 Å². The molecule has 1 unspecified atom stereocenters. The summed E-state index contributed by atoms with van der Waals surface area (Å²) in [7, 11) is -2.59. The van der Waals surface area contributed by atoms with E-state index in [4.69, 9.17) is 5.26 Å². The highest BCUT2D eigenvalue weighted by atomic mass is 32.2. The van der Waals surface area contributed by atoms with Gasteiger partial charge in [0.15, 0.2) is 5.25 Å². The van der Waals surface area contributed by atoms with Gasteiger partial charge >= 0.3 is 5.97 Å². The van der Waals surface area contributed by atoms with Crippen LogP contribution in [0, 0.1) is 11.3 Å². The first kappa shape index (κ1) is 12.9. The van der Waals surface area contributed by atoms with E-state index >= 15 is 0 Å².